The van der Waals surface area contributed by atoms with E-state index in [1.54, 1.807) is 18.7 Å². The average Bonchev–Trinajstić information content (AvgIpc) is 2.97. The summed E-state index contributed by atoms with van der Waals surface area (Å²) in [5, 5.41) is 24.7. The van der Waals surface area contributed by atoms with Gasteiger partial charge in [-0.1, -0.05) is 27.7 Å². The zero-order valence-corrected chi connectivity index (χ0v) is 28.4. The van der Waals surface area contributed by atoms with Crippen molar-refractivity contribution in [3.63, 3.8) is 0 Å². The van der Waals surface area contributed by atoms with E-state index in [1.165, 1.54) is 6.92 Å². The first-order valence-corrected chi connectivity index (χ1v) is 16.4. The smallest absolute Gasteiger partial charge is 0.240 e. The number of primary amides is 1. The van der Waals surface area contributed by atoms with E-state index >= 15 is 0 Å². The molecule has 1 saturated heterocycles. The first-order valence-electron chi connectivity index (χ1n) is 16.4. The molecule has 0 bridgehead atoms. The molecule has 45 heavy (non-hydrogen) atoms. The third kappa shape index (κ3) is 16.7. The molecule has 0 saturated carbocycles. The number of ether oxygens (including phenoxy) is 2. The molecule has 4 amide bonds. The van der Waals surface area contributed by atoms with E-state index in [4.69, 9.17) is 15.2 Å². The quantitative estimate of drug-likeness (QED) is 0.0749. The molecule has 0 spiro atoms. The summed E-state index contributed by atoms with van der Waals surface area (Å²) < 4.78 is 11.0. The molecule has 0 radical (unpaired) electrons. The summed E-state index contributed by atoms with van der Waals surface area (Å²) in [6.07, 6.45) is 1.83. The van der Waals surface area contributed by atoms with Gasteiger partial charge in [0.15, 0.2) is 5.79 Å². The Morgan fingerprint density at radius 1 is 0.956 bits per heavy atom. The van der Waals surface area contributed by atoms with Crippen LogP contribution in [0.3, 0.4) is 0 Å². The molecule has 0 aromatic heterocycles. The normalized spacial score (nSPS) is 15.7. The standard InChI is InChI=1S/C31H60N6O8/c1-7-33-24(5)35(8-2)17-13-27(39)36-15-11-25(12-16-36)37(18-20-45-22-21-44-19-14-31(6,42)43)28(40)10-9-26(38)34-29(23(3)4)30(32)41/h23-25,29,33,42-43H,7-22H2,1-6H3,(H2,32,41)(H,34,38)/t24?,29-/m0/s1. The Labute approximate surface area is 269 Å². The maximum absolute atomic E-state index is 13.4. The first kappa shape index (κ1) is 40.7. The van der Waals surface area contributed by atoms with Crippen molar-refractivity contribution in [2.75, 3.05) is 65.7 Å². The van der Waals surface area contributed by atoms with Gasteiger partial charge in [-0.3, -0.25) is 24.1 Å². The molecule has 14 nitrogen and oxygen atoms in total. The molecular formula is C31H60N6O8. The van der Waals surface area contributed by atoms with E-state index in [1.807, 2.05) is 4.90 Å². The molecule has 14 heteroatoms. The largest absolute Gasteiger partial charge is 0.379 e. The number of hydrogen-bond donors (Lipinski definition) is 5. The second-order valence-electron chi connectivity index (χ2n) is 12.2. The van der Waals surface area contributed by atoms with Crippen LogP contribution in [0, 0.1) is 5.92 Å². The van der Waals surface area contributed by atoms with Gasteiger partial charge in [-0.25, -0.2) is 0 Å². The highest BCUT2D eigenvalue weighted by Gasteiger charge is 2.30. The maximum Gasteiger partial charge on any atom is 0.240 e. The van der Waals surface area contributed by atoms with Gasteiger partial charge in [-0.05, 0) is 45.7 Å². The molecule has 262 valence electrons. The molecule has 1 fully saturated rings. The van der Waals surface area contributed by atoms with Gasteiger partial charge >= 0.3 is 0 Å². The van der Waals surface area contributed by atoms with Crippen molar-refractivity contribution in [1.82, 2.24) is 25.3 Å². The number of aliphatic hydroxyl groups is 2. The lowest BCUT2D eigenvalue weighted by atomic mass is 10.0. The predicted molar refractivity (Wildman–Crippen MR) is 171 cm³/mol. The lowest BCUT2D eigenvalue weighted by Crippen LogP contribution is -2.51. The van der Waals surface area contributed by atoms with E-state index in [9.17, 15) is 29.4 Å². The molecule has 0 aromatic rings. The fraction of sp³-hybridized carbons (Fsp3) is 0.871. The van der Waals surface area contributed by atoms with Gasteiger partial charge in [0.25, 0.3) is 0 Å². The van der Waals surface area contributed by atoms with Crippen molar-refractivity contribution >= 4 is 23.6 Å². The number of nitrogens with zero attached hydrogens (tertiary/aromatic N) is 3. The molecule has 0 aromatic carbocycles. The van der Waals surface area contributed by atoms with E-state index in [-0.39, 0.29) is 75.6 Å². The lowest BCUT2D eigenvalue weighted by molar-refractivity contribution is -0.159. The van der Waals surface area contributed by atoms with Crippen LogP contribution in [0.1, 0.15) is 80.1 Å². The van der Waals surface area contributed by atoms with Crippen LogP contribution in [-0.4, -0.2) is 138 Å². The van der Waals surface area contributed by atoms with Crippen LogP contribution < -0.4 is 16.4 Å². The van der Waals surface area contributed by atoms with Crippen molar-refractivity contribution in [3.05, 3.63) is 0 Å². The van der Waals surface area contributed by atoms with Gasteiger partial charge in [-0.15, -0.1) is 0 Å². The Hall–Kier alpha value is -2.36. The van der Waals surface area contributed by atoms with Crippen molar-refractivity contribution in [2.24, 2.45) is 11.7 Å². The molecule has 1 rings (SSSR count). The highest BCUT2D eigenvalue weighted by Crippen LogP contribution is 2.19. The van der Waals surface area contributed by atoms with Gasteiger partial charge in [0.05, 0.1) is 32.6 Å². The minimum atomic E-state index is -1.78. The highest BCUT2D eigenvalue weighted by molar-refractivity contribution is 5.88. The summed E-state index contributed by atoms with van der Waals surface area (Å²) in [4.78, 5) is 56.4. The number of hydrogen-bond acceptors (Lipinski definition) is 10. The zero-order chi connectivity index (χ0) is 34.0. The topological polar surface area (TPSA) is 187 Å². The van der Waals surface area contributed by atoms with Crippen LogP contribution in [0.2, 0.25) is 0 Å². The van der Waals surface area contributed by atoms with Crippen LogP contribution in [0.25, 0.3) is 0 Å². The molecule has 1 unspecified atom stereocenters. The highest BCUT2D eigenvalue weighted by atomic mass is 16.5. The number of rotatable bonds is 23. The van der Waals surface area contributed by atoms with Crippen molar-refractivity contribution in [1.29, 1.82) is 0 Å². The van der Waals surface area contributed by atoms with Gasteiger partial charge < -0.3 is 45.9 Å². The Bertz CT molecular complexity index is 892. The first-order chi connectivity index (χ1) is 21.2. The Morgan fingerprint density at radius 3 is 2.11 bits per heavy atom. The van der Waals surface area contributed by atoms with E-state index < -0.39 is 23.6 Å². The second-order valence-corrected chi connectivity index (χ2v) is 12.2. The second kappa shape index (κ2) is 21.4. The fourth-order valence-corrected chi connectivity index (χ4v) is 5.31. The number of carbonyl (C=O) groups excluding carboxylic acids is 4. The summed E-state index contributed by atoms with van der Waals surface area (Å²) in [5.41, 5.74) is 5.40. The van der Waals surface area contributed by atoms with Crippen LogP contribution in [0.5, 0.6) is 0 Å². The maximum atomic E-state index is 13.4. The number of carbonyl (C=O) groups is 4. The molecular weight excluding hydrogens is 584 g/mol. The molecule has 1 heterocycles. The fourth-order valence-electron chi connectivity index (χ4n) is 5.31. The molecule has 6 N–H and O–H groups in total. The van der Waals surface area contributed by atoms with Gasteiger partial charge in [0.2, 0.25) is 23.6 Å². The van der Waals surface area contributed by atoms with Crippen molar-refractivity contribution < 1.29 is 38.9 Å². The summed E-state index contributed by atoms with van der Waals surface area (Å²) in [7, 11) is 0. The lowest BCUT2D eigenvalue weighted by Gasteiger charge is -2.39. The van der Waals surface area contributed by atoms with E-state index in [2.05, 4.69) is 36.3 Å². The van der Waals surface area contributed by atoms with Gasteiger partial charge in [-0.2, -0.15) is 0 Å². The zero-order valence-electron chi connectivity index (χ0n) is 28.4. The summed E-state index contributed by atoms with van der Waals surface area (Å²) >= 11 is 0. The number of nitrogens with one attached hydrogen (secondary N) is 2. The Balaban J connectivity index is 2.71. The average molecular weight is 645 g/mol. The molecule has 1 aliphatic heterocycles. The SMILES string of the molecule is CCNC(C)N(CC)CCC(=O)N1CCC(N(CCOCCOCCC(C)(O)O)C(=O)CCC(=O)N[C@H](C(N)=O)C(C)C)CC1. The van der Waals surface area contributed by atoms with Crippen LogP contribution in [0.15, 0.2) is 0 Å². The molecule has 2 atom stereocenters. The van der Waals surface area contributed by atoms with E-state index in [0.717, 1.165) is 13.1 Å². The van der Waals surface area contributed by atoms with Crippen molar-refractivity contribution in [3.8, 4) is 0 Å². The predicted octanol–water partition coefficient (Wildman–Crippen LogP) is 0.00390. The van der Waals surface area contributed by atoms with Crippen LogP contribution in [0.4, 0.5) is 0 Å². The minimum Gasteiger partial charge on any atom is -0.379 e. The number of nitrogens with two attached hydrogens (primary N) is 1. The number of piperidine rings is 1. The number of likely N-dealkylation sites (tertiary alicyclic amines) is 1. The third-order valence-corrected chi connectivity index (χ3v) is 8.07. The minimum absolute atomic E-state index is 0.0322. The Morgan fingerprint density at radius 2 is 1.58 bits per heavy atom. The van der Waals surface area contributed by atoms with Gasteiger partial charge in [0, 0.05) is 57.9 Å². The monoisotopic (exact) mass is 644 g/mol. The number of amides is 4. The van der Waals surface area contributed by atoms with Crippen molar-refractivity contribution in [2.45, 2.75) is 104 Å². The summed E-state index contributed by atoms with van der Waals surface area (Å²) in [6, 6.07) is -0.911. The van der Waals surface area contributed by atoms with Crippen LogP contribution in [-0.2, 0) is 28.7 Å². The molecule has 1 aliphatic rings. The van der Waals surface area contributed by atoms with Gasteiger partial charge in [0.1, 0.15) is 6.04 Å². The third-order valence-electron chi connectivity index (χ3n) is 8.07. The Kier molecular flexibility index (Phi) is 19.4. The molecule has 0 aliphatic carbocycles. The summed E-state index contributed by atoms with van der Waals surface area (Å²) in [5.74, 6) is -3.09. The van der Waals surface area contributed by atoms with E-state index in [0.29, 0.717) is 45.4 Å². The summed E-state index contributed by atoms with van der Waals surface area (Å²) in [6.45, 7) is 15.8. The van der Waals surface area contributed by atoms with Crippen LogP contribution >= 0.6 is 0 Å².